The van der Waals surface area contributed by atoms with E-state index in [1.54, 1.807) is 6.92 Å². The highest BCUT2D eigenvalue weighted by atomic mass is 32.1. The number of hydrogen-bond acceptors (Lipinski definition) is 8. The van der Waals surface area contributed by atoms with E-state index in [1.165, 1.54) is 29.5 Å². The lowest BCUT2D eigenvalue weighted by atomic mass is 10.1. The van der Waals surface area contributed by atoms with Crippen LogP contribution in [0.25, 0.3) is 0 Å². The van der Waals surface area contributed by atoms with Crippen LogP contribution >= 0.6 is 11.3 Å². The number of carbonyl (C=O) groups is 1. The molecule has 0 fully saturated rings. The molecule has 2 heterocycles. The van der Waals surface area contributed by atoms with Crippen LogP contribution in [0, 0.1) is 17.0 Å². The van der Waals surface area contributed by atoms with Gasteiger partial charge in [0.05, 0.1) is 17.2 Å². The van der Waals surface area contributed by atoms with Crippen LogP contribution in [0.2, 0.25) is 0 Å². The van der Waals surface area contributed by atoms with E-state index < -0.39 is 10.8 Å². The fourth-order valence-corrected chi connectivity index (χ4v) is 4.12. The molecule has 0 radical (unpaired) electrons. The van der Waals surface area contributed by atoms with Crippen molar-refractivity contribution in [2.24, 2.45) is 0 Å². The van der Waals surface area contributed by atoms with E-state index >= 15 is 0 Å². The number of aryl methyl sites for hydroxylation is 1. The number of amides is 1. The van der Waals surface area contributed by atoms with E-state index in [2.05, 4.69) is 10.3 Å². The van der Waals surface area contributed by atoms with E-state index in [1.807, 2.05) is 25.1 Å². The molecule has 0 atom stereocenters. The summed E-state index contributed by atoms with van der Waals surface area (Å²) in [4.78, 5) is 28.8. The third-order valence-electron chi connectivity index (χ3n) is 4.63. The highest BCUT2D eigenvalue weighted by Crippen LogP contribution is 2.34. The van der Waals surface area contributed by atoms with Crippen LogP contribution in [-0.2, 0) is 6.42 Å². The Kier molecular flexibility index (Phi) is 5.72. The summed E-state index contributed by atoms with van der Waals surface area (Å²) < 4.78 is 16.0. The molecule has 3 aromatic rings. The first kappa shape index (κ1) is 20.6. The molecule has 1 aliphatic rings. The lowest BCUT2D eigenvalue weighted by molar-refractivity contribution is -0.385. The van der Waals surface area contributed by atoms with Crippen molar-refractivity contribution in [2.45, 2.75) is 20.3 Å². The number of anilines is 1. The zero-order valence-corrected chi connectivity index (χ0v) is 17.7. The second kappa shape index (κ2) is 8.60. The summed E-state index contributed by atoms with van der Waals surface area (Å²) >= 11 is 1.36. The maximum Gasteiger partial charge on any atom is 0.311 e. The minimum atomic E-state index is -0.571. The van der Waals surface area contributed by atoms with Gasteiger partial charge in [0.25, 0.3) is 5.91 Å². The van der Waals surface area contributed by atoms with Crippen LogP contribution < -0.4 is 19.5 Å². The molecule has 1 amide bonds. The molecular weight excluding hydrogens is 422 g/mol. The van der Waals surface area contributed by atoms with Crippen LogP contribution in [0.15, 0.2) is 36.4 Å². The maximum absolute atomic E-state index is 12.6. The first-order valence-electron chi connectivity index (χ1n) is 9.52. The summed E-state index contributed by atoms with van der Waals surface area (Å²) in [5.41, 5.74) is 1.74. The highest BCUT2D eigenvalue weighted by Gasteiger charge is 2.20. The first-order valence-corrected chi connectivity index (χ1v) is 10.3. The largest absolute Gasteiger partial charge is 0.487 e. The van der Waals surface area contributed by atoms with Gasteiger partial charge >= 0.3 is 5.69 Å². The maximum atomic E-state index is 12.6. The Labute approximate surface area is 181 Å². The number of nitrogens with zero attached hydrogens (tertiary/aromatic N) is 2. The van der Waals surface area contributed by atoms with Crippen molar-refractivity contribution in [3.63, 3.8) is 0 Å². The van der Waals surface area contributed by atoms with Gasteiger partial charge in [0.2, 0.25) is 6.79 Å². The van der Waals surface area contributed by atoms with Gasteiger partial charge in [-0.15, -0.1) is 11.3 Å². The number of aromatic nitrogens is 1. The molecule has 4 rings (SSSR count). The van der Waals surface area contributed by atoms with E-state index in [-0.39, 0.29) is 30.4 Å². The number of ether oxygens (including phenoxy) is 3. The molecule has 0 aliphatic carbocycles. The minimum Gasteiger partial charge on any atom is -0.487 e. The van der Waals surface area contributed by atoms with Gasteiger partial charge in [0.15, 0.2) is 22.4 Å². The molecule has 160 valence electrons. The van der Waals surface area contributed by atoms with Gasteiger partial charge in [-0.2, -0.15) is 0 Å². The predicted molar refractivity (Wildman–Crippen MR) is 114 cm³/mol. The van der Waals surface area contributed by atoms with Gasteiger partial charge in [-0.1, -0.05) is 6.07 Å². The average Bonchev–Trinajstić information content (AvgIpc) is 3.34. The number of benzene rings is 2. The Morgan fingerprint density at radius 3 is 2.84 bits per heavy atom. The molecular formula is C21H19N3O6S. The zero-order valence-electron chi connectivity index (χ0n) is 16.8. The molecule has 2 aromatic carbocycles. The Morgan fingerprint density at radius 2 is 2.06 bits per heavy atom. The number of nitro groups is 1. The lowest BCUT2D eigenvalue weighted by Gasteiger charge is -2.06. The minimum absolute atomic E-state index is 0.125. The Morgan fingerprint density at radius 1 is 1.26 bits per heavy atom. The molecule has 31 heavy (non-hydrogen) atoms. The molecule has 1 N–H and O–H groups in total. The van der Waals surface area contributed by atoms with Crippen molar-refractivity contribution in [3.8, 4) is 17.2 Å². The Bertz CT molecular complexity index is 1160. The Hall–Kier alpha value is -3.66. The lowest BCUT2D eigenvalue weighted by Crippen LogP contribution is -2.12. The number of carbonyl (C=O) groups excluding carboxylic acids is 1. The smallest absolute Gasteiger partial charge is 0.311 e. The fraction of sp³-hybridized carbons (Fsp3) is 0.238. The summed E-state index contributed by atoms with van der Waals surface area (Å²) in [6.07, 6.45) is 0.629. The van der Waals surface area contributed by atoms with Crippen LogP contribution in [0.1, 0.15) is 33.4 Å². The molecule has 1 aliphatic heterocycles. The SMILES string of the molecule is CCOc1ccc(C(=O)Nc2nc(C)c(Cc3ccc4c(c3)OCO4)s2)cc1[N+](=O)[O-]. The van der Waals surface area contributed by atoms with Crippen LogP contribution in [-0.4, -0.2) is 29.2 Å². The quantitative estimate of drug-likeness (QED) is 0.429. The van der Waals surface area contributed by atoms with Crippen molar-refractivity contribution in [3.05, 3.63) is 68.2 Å². The van der Waals surface area contributed by atoms with Gasteiger partial charge < -0.3 is 14.2 Å². The van der Waals surface area contributed by atoms with Crippen LogP contribution in [0.4, 0.5) is 10.8 Å². The topological polar surface area (TPSA) is 113 Å². The third kappa shape index (κ3) is 4.43. The molecule has 10 heteroatoms. The van der Waals surface area contributed by atoms with E-state index in [0.717, 1.165) is 21.9 Å². The third-order valence-corrected chi connectivity index (χ3v) is 5.71. The standard InChI is InChI=1S/C21H19N3O6S/c1-3-28-16-7-5-14(10-15(16)24(26)27)20(25)23-21-22-12(2)19(31-21)9-13-4-6-17-18(8-13)30-11-29-17/h4-8,10H,3,9,11H2,1-2H3,(H,22,23,25). The molecule has 0 saturated heterocycles. The number of hydrogen-bond donors (Lipinski definition) is 1. The number of fused-ring (bicyclic) bond motifs is 1. The van der Waals surface area contributed by atoms with Gasteiger partial charge in [-0.3, -0.25) is 20.2 Å². The number of thiazole rings is 1. The fourth-order valence-electron chi connectivity index (χ4n) is 3.13. The number of rotatable bonds is 7. The zero-order chi connectivity index (χ0) is 22.0. The second-order valence-corrected chi connectivity index (χ2v) is 7.80. The second-order valence-electron chi connectivity index (χ2n) is 6.72. The molecule has 0 bridgehead atoms. The molecule has 0 spiro atoms. The summed E-state index contributed by atoms with van der Waals surface area (Å²) in [5, 5.41) is 14.4. The number of nitro benzene ring substituents is 1. The first-order chi connectivity index (χ1) is 14.9. The molecule has 9 nitrogen and oxygen atoms in total. The van der Waals surface area contributed by atoms with Gasteiger partial charge in [0.1, 0.15) is 0 Å². The molecule has 0 unspecified atom stereocenters. The van der Waals surface area contributed by atoms with Gasteiger partial charge in [0, 0.05) is 22.9 Å². The van der Waals surface area contributed by atoms with Crippen molar-refractivity contribution >= 4 is 28.1 Å². The van der Waals surface area contributed by atoms with E-state index in [4.69, 9.17) is 14.2 Å². The van der Waals surface area contributed by atoms with Crippen molar-refractivity contribution < 1.29 is 23.9 Å². The average molecular weight is 441 g/mol. The van der Waals surface area contributed by atoms with Gasteiger partial charge in [-0.05, 0) is 43.7 Å². The predicted octanol–water partition coefficient (Wildman–Crippen LogP) is 4.33. The Balaban J connectivity index is 1.49. The van der Waals surface area contributed by atoms with E-state index in [0.29, 0.717) is 17.3 Å². The summed E-state index contributed by atoms with van der Waals surface area (Å²) in [5.74, 6) is 1.09. The normalized spacial score (nSPS) is 11.9. The van der Waals surface area contributed by atoms with Crippen molar-refractivity contribution in [1.29, 1.82) is 0 Å². The van der Waals surface area contributed by atoms with Crippen molar-refractivity contribution in [1.82, 2.24) is 4.98 Å². The van der Waals surface area contributed by atoms with Gasteiger partial charge in [-0.25, -0.2) is 4.98 Å². The summed E-state index contributed by atoms with van der Waals surface area (Å²) in [6, 6.07) is 9.88. The summed E-state index contributed by atoms with van der Waals surface area (Å²) in [6.45, 7) is 4.11. The molecule has 1 aromatic heterocycles. The highest BCUT2D eigenvalue weighted by molar-refractivity contribution is 7.15. The molecule has 0 saturated carbocycles. The van der Waals surface area contributed by atoms with Crippen molar-refractivity contribution in [2.75, 3.05) is 18.7 Å². The number of nitrogens with one attached hydrogen (secondary N) is 1. The summed E-state index contributed by atoms with van der Waals surface area (Å²) in [7, 11) is 0. The van der Waals surface area contributed by atoms with E-state index in [9.17, 15) is 14.9 Å². The van der Waals surface area contributed by atoms with Crippen LogP contribution in [0.5, 0.6) is 17.2 Å². The van der Waals surface area contributed by atoms with Crippen LogP contribution in [0.3, 0.4) is 0 Å². The monoisotopic (exact) mass is 441 g/mol.